The summed E-state index contributed by atoms with van der Waals surface area (Å²) in [5, 5.41) is 5.57. The summed E-state index contributed by atoms with van der Waals surface area (Å²) in [4.78, 5) is 25.0. The first-order valence-corrected chi connectivity index (χ1v) is 12.5. The zero-order valence-corrected chi connectivity index (χ0v) is 19.5. The number of nitrogens with zero attached hydrogens (tertiary/aromatic N) is 1. The van der Waals surface area contributed by atoms with E-state index in [0.29, 0.717) is 29.9 Å². The van der Waals surface area contributed by atoms with Gasteiger partial charge in [0.1, 0.15) is 0 Å². The molecule has 1 atom stereocenters. The zero-order chi connectivity index (χ0) is 23.1. The number of benzene rings is 2. The Balaban J connectivity index is 1.64. The number of anilines is 1. The predicted octanol–water partition coefficient (Wildman–Crippen LogP) is 3.71. The van der Waals surface area contributed by atoms with Gasteiger partial charge in [0.15, 0.2) is 0 Å². The SMILES string of the molecule is Cc1ccc(NC(=O)CC(C)NC(=O)c2ccccc2)cc1S(=O)(=O)N1CCCCCC1. The van der Waals surface area contributed by atoms with Gasteiger partial charge in [-0.05, 0) is 56.5 Å². The van der Waals surface area contributed by atoms with Crippen molar-refractivity contribution in [2.24, 2.45) is 0 Å². The van der Waals surface area contributed by atoms with Crippen LogP contribution in [0.4, 0.5) is 5.69 Å². The molecule has 0 radical (unpaired) electrons. The number of carbonyl (C=O) groups is 2. The molecule has 0 saturated carbocycles. The molecule has 8 heteroatoms. The quantitative estimate of drug-likeness (QED) is 0.663. The van der Waals surface area contributed by atoms with E-state index in [1.165, 1.54) is 6.07 Å². The maximum atomic E-state index is 13.2. The molecule has 2 aromatic carbocycles. The van der Waals surface area contributed by atoms with Crippen LogP contribution >= 0.6 is 0 Å². The lowest BCUT2D eigenvalue weighted by Crippen LogP contribution is -2.35. The normalized spacial score (nSPS) is 16.1. The Bertz CT molecular complexity index is 1050. The van der Waals surface area contributed by atoms with Gasteiger partial charge in [-0.3, -0.25) is 9.59 Å². The number of hydrogen-bond donors (Lipinski definition) is 2. The fourth-order valence-corrected chi connectivity index (χ4v) is 5.58. The van der Waals surface area contributed by atoms with Gasteiger partial charge in [0, 0.05) is 36.8 Å². The van der Waals surface area contributed by atoms with Gasteiger partial charge < -0.3 is 10.6 Å². The Morgan fingerprint density at radius 2 is 1.66 bits per heavy atom. The van der Waals surface area contributed by atoms with Gasteiger partial charge in [-0.25, -0.2) is 8.42 Å². The summed E-state index contributed by atoms with van der Waals surface area (Å²) in [6, 6.07) is 13.4. The molecule has 7 nitrogen and oxygen atoms in total. The van der Waals surface area contributed by atoms with Crippen molar-refractivity contribution >= 4 is 27.5 Å². The molecule has 32 heavy (non-hydrogen) atoms. The van der Waals surface area contributed by atoms with Crippen molar-refractivity contribution in [3.63, 3.8) is 0 Å². The number of nitrogens with one attached hydrogen (secondary N) is 2. The largest absolute Gasteiger partial charge is 0.349 e. The second-order valence-electron chi connectivity index (χ2n) is 8.29. The lowest BCUT2D eigenvalue weighted by Gasteiger charge is -2.21. The van der Waals surface area contributed by atoms with E-state index < -0.39 is 10.0 Å². The summed E-state index contributed by atoms with van der Waals surface area (Å²) in [6.45, 7) is 4.57. The molecule has 0 aromatic heterocycles. The van der Waals surface area contributed by atoms with E-state index in [2.05, 4.69) is 10.6 Å². The minimum absolute atomic E-state index is 0.0701. The zero-order valence-electron chi connectivity index (χ0n) is 18.6. The van der Waals surface area contributed by atoms with Gasteiger partial charge in [-0.1, -0.05) is 37.1 Å². The molecule has 1 unspecified atom stereocenters. The Kier molecular flexibility index (Phi) is 8.04. The minimum Gasteiger partial charge on any atom is -0.349 e. The number of rotatable bonds is 7. The van der Waals surface area contributed by atoms with Gasteiger partial charge >= 0.3 is 0 Å². The molecule has 1 saturated heterocycles. The van der Waals surface area contributed by atoms with E-state index >= 15 is 0 Å². The summed E-state index contributed by atoms with van der Waals surface area (Å²) in [5.41, 5.74) is 1.60. The topological polar surface area (TPSA) is 95.6 Å². The van der Waals surface area contributed by atoms with E-state index in [4.69, 9.17) is 0 Å². The maximum absolute atomic E-state index is 13.2. The van der Waals surface area contributed by atoms with Crippen LogP contribution in [0.3, 0.4) is 0 Å². The average molecular weight is 458 g/mol. The Morgan fingerprint density at radius 3 is 2.31 bits per heavy atom. The summed E-state index contributed by atoms with van der Waals surface area (Å²) < 4.78 is 27.9. The molecule has 1 aliphatic heterocycles. The van der Waals surface area contributed by atoms with E-state index in [1.807, 2.05) is 6.07 Å². The van der Waals surface area contributed by atoms with Gasteiger partial charge in [0.05, 0.1) is 4.90 Å². The van der Waals surface area contributed by atoms with Crippen LogP contribution in [-0.2, 0) is 14.8 Å². The molecule has 1 heterocycles. The Morgan fingerprint density at radius 1 is 1.00 bits per heavy atom. The number of hydrogen-bond acceptors (Lipinski definition) is 4. The third-order valence-electron chi connectivity index (χ3n) is 5.56. The van der Waals surface area contributed by atoms with Crippen molar-refractivity contribution < 1.29 is 18.0 Å². The van der Waals surface area contributed by atoms with E-state index in [1.54, 1.807) is 54.6 Å². The van der Waals surface area contributed by atoms with E-state index in [9.17, 15) is 18.0 Å². The van der Waals surface area contributed by atoms with Gasteiger partial charge in [0.25, 0.3) is 5.91 Å². The standard InChI is InChI=1S/C24H31N3O4S/c1-18-12-13-21(17-22(18)32(30,31)27-14-8-3-4-9-15-27)26-23(28)16-19(2)25-24(29)20-10-6-5-7-11-20/h5-7,10-13,17,19H,3-4,8-9,14-16H2,1-2H3,(H,25,29)(H,26,28). The highest BCUT2D eigenvalue weighted by molar-refractivity contribution is 7.89. The molecule has 0 aliphatic carbocycles. The fraction of sp³-hybridized carbons (Fsp3) is 0.417. The lowest BCUT2D eigenvalue weighted by atomic mass is 10.1. The maximum Gasteiger partial charge on any atom is 0.251 e. The Labute approximate surface area is 190 Å². The number of amides is 2. The number of aryl methyl sites for hydroxylation is 1. The highest BCUT2D eigenvalue weighted by Gasteiger charge is 2.27. The van der Waals surface area contributed by atoms with Crippen LogP contribution < -0.4 is 10.6 Å². The third kappa shape index (κ3) is 6.17. The summed E-state index contributed by atoms with van der Waals surface area (Å²) in [5.74, 6) is -0.542. The summed E-state index contributed by atoms with van der Waals surface area (Å²) in [6.07, 6.45) is 3.88. The molecule has 2 aromatic rings. The molecular formula is C24H31N3O4S. The lowest BCUT2D eigenvalue weighted by molar-refractivity contribution is -0.116. The predicted molar refractivity (Wildman–Crippen MR) is 125 cm³/mol. The molecule has 0 bridgehead atoms. The van der Waals surface area contributed by atoms with Crippen molar-refractivity contribution in [1.82, 2.24) is 9.62 Å². The molecule has 3 rings (SSSR count). The molecule has 172 valence electrons. The van der Waals surface area contributed by atoms with Gasteiger partial charge in [-0.15, -0.1) is 0 Å². The van der Waals surface area contributed by atoms with Crippen molar-refractivity contribution in [2.75, 3.05) is 18.4 Å². The number of sulfonamides is 1. The summed E-state index contributed by atoms with van der Waals surface area (Å²) in [7, 11) is -3.62. The highest BCUT2D eigenvalue weighted by Crippen LogP contribution is 2.26. The van der Waals surface area contributed by atoms with Crippen LogP contribution in [-0.4, -0.2) is 43.7 Å². The molecule has 2 amide bonds. The smallest absolute Gasteiger partial charge is 0.251 e. The first-order valence-electron chi connectivity index (χ1n) is 11.0. The van der Waals surface area contributed by atoms with Crippen LogP contribution in [0.15, 0.2) is 53.4 Å². The van der Waals surface area contributed by atoms with Crippen LogP contribution in [0.25, 0.3) is 0 Å². The van der Waals surface area contributed by atoms with Crippen molar-refractivity contribution in [1.29, 1.82) is 0 Å². The Hall–Kier alpha value is -2.71. The second kappa shape index (κ2) is 10.7. The fourth-order valence-electron chi connectivity index (χ4n) is 3.81. The highest BCUT2D eigenvalue weighted by atomic mass is 32.2. The molecular weight excluding hydrogens is 426 g/mol. The van der Waals surface area contributed by atoms with Gasteiger partial charge in [-0.2, -0.15) is 4.31 Å². The van der Waals surface area contributed by atoms with Crippen LogP contribution in [0.5, 0.6) is 0 Å². The van der Waals surface area contributed by atoms with Gasteiger partial charge in [0.2, 0.25) is 15.9 Å². The minimum atomic E-state index is -3.62. The van der Waals surface area contributed by atoms with Crippen LogP contribution in [0.1, 0.15) is 54.9 Å². The van der Waals surface area contributed by atoms with Crippen molar-refractivity contribution in [2.45, 2.75) is 56.9 Å². The summed E-state index contributed by atoms with van der Waals surface area (Å²) >= 11 is 0. The first kappa shape index (κ1) is 23.9. The monoisotopic (exact) mass is 457 g/mol. The van der Waals surface area contributed by atoms with E-state index in [-0.39, 0.29) is 29.2 Å². The van der Waals surface area contributed by atoms with Crippen molar-refractivity contribution in [3.8, 4) is 0 Å². The van der Waals surface area contributed by atoms with Crippen LogP contribution in [0, 0.1) is 6.92 Å². The second-order valence-corrected chi connectivity index (χ2v) is 10.2. The van der Waals surface area contributed by atoms with Crippen LogP contribution in [0.2, 0.25) is 0 Å². The molecule has 1 fully saturated rings. The third-order valence-corrected chi connectivity index (χ3v) is 7.60. The molecule has 0 spiro atoms. The molecule has 1 aliphatic rings. The van der Waals surface area contributed by atoms with Crippen molar-refractivity contribution in [3.05, 3.63) is 59.7 Å². The first-order chi connectivity index (χ1) is 15.3. The number of carbonyl (C=O) groups excluding carboxylic acids is 2. The molecule has 2 N–H and O–H groups in total. The van der Waals surface area contributed by atoms with E-state index in [0.717, 1.165) is 25.7 Å². The average Bonchev–Trinajstić information content (AvgIpc) is 3.05.